The van der Waals surface area contributed by atoms with Gasteiger partial charge in [0.2, 0.25) is 11.9 Å². The van der Waals surface area contributed by atoms with Crippen molar-refractivity contribution in [3.8, 4) is 10.4 Å². The molecule has 0 bridgehead atoms. The third-order valence-corrected chi connectivity index (χ3v) is 6.60. The summed E-state index contributed by atoms with van der Waals surface area (Å²) in [5.41, 5.74) is 5.30. The zero-order valence-electron chi connectivity index (χ0n) is 17.0. The number of nitrogens with zero attached hydrogens (tertiary/aromatic N) is 3. The van der Waals surface area contributed by atoms with Crippen molar-refractivity contribution in [3.05, 3.63) is 52.9 Å². The first kappa shape index (κ1) is 22.2. The molecule has 2 heterocycles. The quantitative estimate of drug-likeness (QED) is 0.524. The van der Waals surface area contributed by atoms with Gasteiger partial charge in [0, 0.05) is 24.0 Å². The van der Waals surface area contributed by atoms with Crippen LogP contribution < -0.4 is 11.1 Å². The van der Waals surface area contributed by atoms with Crippen LogP contribution in [-0.2, 0) is 16.6 Å². The molecule has 7 nitrogen and oxygen atoms in total. The number of aryl methyl sites for hydroxylation is 1. The average molecular weight is 463 g/mol. The van der Waals surface area contributed by atoms with Gasteiger partial charge >= 0.3 is 6.18 Å². The van der Waals surface area contributed by atoms with E-state index in [2.05, 4.69) is 20.3 Å². The number of rotatable bonds is 5. The summed E-state index contributed by atoms with van der Waals surface area (Å²) in [7, 11) is 0. The van der Waals surface area contributed by atoms with E-state index >= 15 is 0 Å². The van der Waals surface area contributed by atoms with Gasteiger partial charge in [-0.05, 0) is 55.5 Å². The Labute approximate surface area is 185 Å². The first-order chi connectivity index (χ1) is 15.0. The molecular weight excluding hydrogens is 443 g/mol. The summed E-state index contributed by atoms with van der Waals surface area (Å²) in [4.78, 5) is 24.0. The maximum absolute atomic E-state index is 12.9. The number of carbonyl (C=O) groups excluding carboxylic acids is 1. The molecule has 0 unspecified atom stereocenters. The monoisotopic (exact) mass is 463 g/mol. The van der Waals surface area contributed by atoms with Gasteiger partial charge in [0.25, 0.3) is 0 Å². The third kappa shape index (κ3) is 4.58. The molecule has 4 rings (SSSR count). The van der Waals surface area contributed by atoms with Crippen LogP contribution in [0.4, 0.5) is 24.8 Å². The van der Waals surface area contributed by atoms with Crippen LogP contribution in [0.3, 0.4) is 0 Å². The van der Waals surface area contributed by atoms with Crippen LogP contribution in [0.1, 0.15) is 35.5 Å². The normalized spacial score (nSPS) is 21.0. The standard InChI is InChI=1S/C21H20F3N5O2S/c1-11-6-13(8-14(7-11)28-19-26-5-3-16(29-19)21(22,23)24)15-10-27-18(32-15)20(31)4-2-12(9-20)17(25)30/h3,5-8,10,12,31H,2,4,9H2,1H3,(H2,25,30)(H,26,28,29)/t12-,20-/m0/s1. The zero-order chi connectivity index (χ0) is 23.1. The fourth-order valence-electron chi connectivity index (χ4n) is 3.79. The Morgan fingerprint density at radius 3 is 2.78 bits per heavy atom. The lowest BCUT2D eigenvalue weighted by Crippen LogP contribution is -2.26. The Balaban J connectivity index is 1.59. The highest BCUT2D eigenvalue weighted by Gasteiger charge is 2.43. The minimum absolute atomic E-state index is 0.167. The fourth-order valence-corrected chi connectivity index (χ4v) is 4.82. The van der Waals surface area contributed by atoms with Crippen LogP contribution in [0, 0.1) is 12.8 Å². The molecule has 1 amide bonds. The predicted octanol–water partition coefficient (Wildman–Crippen LogP) is 4.14. The summed E-state index contributed by atoms with van der Waals surface area (Å²) >= 11 is 1.30. The highest BCUT2D eigenvalue weighted by atomic mass is 32.1. The minimum Gasteiger partial charge on any atom is -0.383 e. The number of hydrogen-bond acceptors (Lipinski definition) is 7. The Morgan fingerprint density at radius 2 is 2.09 bits per heavy atom. The number of primary amides is 1. The number of halogens is 3. The van der Waals surface area contributed by atoms with E-state index in [4.69, 9.17) is 5.73 Å². The number of aliphatic hydroxyl groups is 1. The Kier molecular flexibility index (Phi) is 5.63. The number of nitrogens with one attached hydrogen (secondary N) is 1. The molecule has 0 aliphatic heterocycles. The second-order valence-electron chi connectivity index (χ2n) is 7.88. The molecule has 1 aromatic carbocycles. The second-order valence-corrected chi connectivity index (χ2v) is 8.91. The first-order valence-electron chi connectivity index (χ1n) is 9.81. The van der Waals surface area contributed by atoms with Crippen LogP contribution in [0.15, 0.2) is 36.7 Å². The summed E-state index contributed by atoms with van der Waals surface area (Å²) in [5, 5.41) is 14.3. The zero-order valence-corrected chi connectivity index (χ0v) is 17.8. The van der Waals surface area contributed by atoms with Crippen LogP contribution in [-0.4, -0.2) is 26.0 Å². The van der Waals surface area contributed by atoms with Crippen molar-refractivity contribution >= 4 is 28.9 Å². The predicted molar refractivity (Wildman–Crippen MR) is 113 cm³/mol. The summed E-state index contributed by atoms with van der Waals surface area (Å²) in [6.45, 7) is 1.85. The Bertz CT molecular complexity index is 1170. The summed E-state index contributed by atoms with van der Waals surface area (Å²) in [5.74, 6) is -0.974. The van der Waals surface area contributed by atoms with E-state index in [1.165, 1.54) is 11.3 Å². The minimum atomic E-state index is -4.57. The summed E-state index contributed by atoms with van der Waals surface area (Å²) in [6, 6.07) is 6.22. The van der Waals surface area contributed by atoms with E-state index in [0.29, 0.717) is 23.5 Å². The Hall–Kier alpha value is -3.05. The number of alkyl halides is 3. The molecule has 32 heavy (non-hydrogen) atoms. The lowest BCUT2D eigenvalue weighted by molar-refractivity contribution is -0.141. The van der Waals surface area contributed by atoms with E-state index in [0.717, 1.165) is 28.3 Å². The van der Waals surface area contributed by atoms with Gasteiger partial charge in [-0.25, -0.2) is 15.0 Å². The largest absolute Gasteiger partial charge is 0.433 e. The van der Waals surface area contributed by atoms with Gasteiger partial charge in [0.05, 0.1) is 4.88 Å². The third-order valence-electron chi connectivity index (χ3n) is 5.36. The van der Waals surface area contributed by atoms with Crippen LogP contribution >= 0.6 is 11.3 Å². The van der Waals surface area contributed by atoms with E-state index in [1.807, 2.05) is 13.0 Å². The summed E-state index contributed by atoms with van der Waals surface area (Å²) < 4.78 is 38.7. The number of benzene rings is 1. The molecule has 11 heteroatoms. The number of amides is 1. The van der Waals surface area contributed by atoms with Gasteiger partial charge < -0.3 is 16.2 Å². The molecule has 1 aliphatic rings. The number of aromatic nitrogens is 3. The maximum Gasteiger partial charge on any atom is 0.433 e. The topological polar surface area (TPSA) is 114 Å². The molecule has 168 valence electrons. The number of hydrogen-bond donors (Lipinski definition) is 3. The molecule has 1 saturated carbocycles. The molecule has 2 aromatic heterocycles. The van der Waals surface area contributed by atoms with E-state index < -0.39 is 23.4 Å². The molecule has 3 aromatic rings. The number of nitrogens with two attached hydrogens (primary N) is 1. The second kappa shape index (κ2) is 8.14. The molecule has 0 radical (unpaired) electrons. The van der Waals surface area contributed by atoms with Crippen molar-refractivity contribution < 1.29 is 23.1 Å². The first-order valence-corrected chi connectivity index (χ1v) is 10.6. The van der Waals surface area contributed by atoms with Crippen molar-refractivity contribution in [1.29, 1.82) is 0 Å². The van der Waals surface area contributed by atoms with Gasteiger partial charge in [0.1, 0.15) is 16.3 Å². The summed E-state index contributed by atoms with van der Waals surface area (Å²) in [6.07, 6.45) is -0.731. The van der Waals surface area contributed by atoms with E-state index in [-0.39, 0.29) is 18.3 Å². The fraction of sp³-hybridized carbons (Fsp3) is 0.333. The molecule has 0 saturated heterocycles. The van der Waals surface area contributed by atoms with E-state index in [1.54, 1.807) is 18.3 Å². The molecule has 4 N–H and O–H groups in total. The number of anilines is 2. The Morgan fingerprint density at radius 1 is 1.31 bits per heavy atom. The highest BCUT2D eigenvalue weighted by molar-refractivity contribution is 7.15. The van der Waals surface area contributed by atoms with Gasteiger partial charge in [-0.3, -0.25) is 4.79 Å². The van der Waals surface area contributed by atoms with Crippen LogP contribution in [0.2, 0.25) is 0 Å². The van der Waals surface area contributed by atoms with Crippen LogP contribution in [0.25, 0.3) is 10.4 Å². The molecule has 2 atom stereocenters. The van der Waals surface area contributed by atoms with Gasteiger partial charge in [0.15, 0.2) is 0 Å². The van der Waals surface area contributed by atoms with Crippen molar-refractivity contribution in [1.82, 2.24) is 15.0 Å². The molecule has 1 aliphatic carbocycles. The van der Waals surface area contributed by atoms with Gasteiger partial charge in [-0.1, -0.05) is 6.07 Å². The SMILES string of the molecule is Cc1cc(Nc2nccc(C(F)(F)F)n2)cc(-c2cnc([C@]3(O)CC[C@H](C(N)=O)C3)s2)c1. The molecular formula is C21H20F3N5O2S. The van der Waals surface area contributed by atoms with Crippen molar-refractivity contribution in [3.63, 3.8) is 0 Å². The lowest BCUT2D eigenvalue weighted by atomic mass is 10.0. The van der Waals surface area contributed by atoms with Gasteiger partial charge in [-0.15, -0.1) is 11.3 Å². The number of thiazole rings is 1. The van der Waals surface area contributed by atoms with Crippen LogP contribution in [0.5, 0.6) is 0 Å². The van der Waals surface area contributed by atoms with E-state index in [9.17, 15) is 23.1 Å². The van der Waals surface area contributed by atoms with Crippen molar-refractivity contribution in [2.75, 3.05) is 5.32 Å². The smallest absolute Gasteiger partial charge is 0.383 e. The van der Waals surface area contributed by atoms with Gasteiger partial charge in [-0.2, -0.15) is 13.2 Å². The lowest BCUT2D eigenvalue weighted by Gasteiger charge is -2.19. The molecule has 1 fully saturated rings. The van der Waals surface area contributed by atoms with Crippen molar-refractivity contribution in [2.24, 2.45) is 11.7 Å². The maximum atomic E-state index is 12.9. The van der Waals surface area contributed by atoms with Crippen molar-refractivity contribution in [2.45, 2.75) is 38.0 Å². The highest BCUT2D eigenvalue weighted by Crippen LogP contribution is 2.45. The number of carbonyl (C=O) groups is 1. The molecule has 0 spiro atoms. The average Bonchev–Trinajstić information content (AvgIpc) is 3.35.